The Morgan fingerprint density at radius 3 is 2.67 bits per heavy atom. The number of benzene rings is 1. The number of carbonyl (C=O) groups excluding carboxylic acids is 1. The lowest BCUT2D eigenvalue weighted by Gasteiger charge is -2.18. The number of rotatable bonds is 5. The molecule has 112 valence electrons. The van der Waals surface area contributed by atoms with Crippen LogP contribution in [-0.2, 0) is 19.5 Å². The number of aryl methyl sites for hydroxylation is 2. The van der Waals surface area contributed by atoms with Crippen molar-refractivity contribution in [1.82, 2.24) is 14.7 Å². The minimum absolute atomic E-state index is 0.0349. The average Bonchev–Trinajstić information content (AvgIpc) is 2.92. The van der Waals surface area contributed by atoms with E-state index in [9.17, 15) is 4.79 Å². The molecule has 1 amide bonds. The molecule has 0 spiro atoms. The molecule has 0 atom stereocenters. The third kappa shape index (κ3) is 3.24. The van der Waals surface area contributed by atoms with E-state index in [1.807, 2.05) is 44.2 Å². The molecule has 2 rings (SSSR count). The summed E-state index contributed by atoms with van der Waals surface area (Å²) in [5.41, 5.74) is 9.16. The largest absolute Gasteiger partial charge is 0.398 e. The van der Waals surface area contributed by atoms with E-state index in [0.717, 1.165) is 17.7 Å². The lowest BCUT2D eigenvalue weighted by atomic mass is 10.1. The van der Waals surface area contributed by atoms with Crippen LogP contribution >= 0.6 is 0 Å². The highest BCUT2D eigenvalue weighted by Gasteiger charge is 2.18. The highest BCUT2D eigenvalue weighted by molar-refractivity contribution is 5.92. The minimum Gasteiger partial charge on any atom is -0.398 e. The molecule has 0 unspecified atom stereocenters. The van der Waals surface area contributed by atoms with Gasteiger partial charge in [0.1, 0.15) is 5.69 Å². The summed E-state index contributed by atoms with van der Waals surface area (Å²) in [5.74, 6) is -0.0349. The first-order valence-corrected chi connectivity index (χ1v) is 7.22. The quantitative estimate of drug-likeness (QED) is 0.858. The van der Waals surface area contributed by atoms with Crippen molar-refractivity contribution in [1.29, 1.82) is 0 Å². The van der Waals surface area contributed by atoms with Crippen molar-refractivity contribution in [3.05, 3.63) is 47.3 Å². The van der Waals surface area contributed by atoms with Crippen molar-refractivity contribution in [2.75, 3.05) is 12.8 Å². The van der Waals surface area contributed by atoms with Crippen molar-refractivity contribution in [3.63, 3.8) is 0 Å². The topological polar surface area (TPSA) is 64.2 Å². The summed E-state index contributed by atoms with van der Waals surface area (Å²) in [6.45, 7) is 5.19. The Morgan fingerprint density at radius 1 is 1.33 bits per heavy atom. The van der Waals surface area contributed by atoms with Crippen LogP contribution in [0.5, 0.6) is 0 Å². The van der Waals surface area contributed by atoms with Crippen molar-refractivity contribution in [2.45, 2.75) is 33.4 Å². The van der Waals surface area contributed by atoms with Gasteiger partial charge in [-0.3, -0.25) is 9.48 Å². The molecule has 0 aliphatic heterocycles. The number of nitrogens with two attached hydrogens (primary N) is 1. The molecule has 0 radical (unpaired) electrons. The molecule has 0 saturated carbocycles. The van der Waals surface area contributed by atoms with Crippen LogP contribution in [0.2, 0.25) is 0 Å². The van der Waals surface area contributed by atoms with Crippen LogP contribution < -0.4 is 5.73 Å². The molecule has 5 nitrogen and oxygen atoms in total. The molecule has 2 N–H and O–H groups in total. The zero-order chi connectivity index (χ0) is 15.4. The fourth-order valence-corrected chi connectivity index (χ4v) is 2.26. The van der Waals surface area contributed by atoms with Gasteiger partial charge in [-0.2, -0.15) is 5.10 Å². The van der Waals surface area contributed by atoms with Crippen molar-refractivity contribution >= 4 is 11.6 Å². The predicted octanol–water partition coefficient (Wildman–Crippen LogP) is 2.32. The molecule has 2 aromatic rings. The molecule has 0 aliphatic carbocycles. The number of amides is 1. The lowest BCUT2D eigenvalue weighted by molar-refractivity contribution is 0.0773. The maximum atomic E-state index is 12.6. The summed E-state index contributed by atoms with van der Waals surface area (Å²) >= 11 is 0. The van der Waals surface area contributed by atoms with Gasteiger partial charge in [0, 0.05) is 25.8 Å². The summed E-state index contributed by atoms with van der Waals surface area (Å²) in [6, 6.07) is 9.47. The Balaban J connectivity index is 2.19. The Bertz CT molecular complexity index is 633. The first kappa shape index (κ1) is 15.1. The standard InChI is InChI=1S/C16H22N4O/c1-4-13-10-15(20(5-2)18-13)16(21)19(3)11-12-8-6-7-9-14(12)17/h6-10H,4-5,11,17H2,1-3H3. The number of para-hydroxylation sites is 1. The molecule has 1 aromatic heterocycles. The van der Waals surface area contributed by atoms with Crippen LogP contribution in [0, 0.1) is 0 Å². The maximum Gasteiger partial charge on any atom is 0.272 e. The van der Waals surface area contributed by atoms with Crippen LogP contribution in [0.3, 0.4) is 0 Å². The second-order valence-corrected chi connectivity index (χ2v) is 5.05. The summed E-state index contributed by atoms with van der Waals surface area (Å²) in [5, 5.41) is 4.42. The maximum absolute atomic E-state index is 12.6. The number of aromatic nitrogens is 2. The fourth-order valence-electron chi connectivity index (χ4n) is 2.26. The Morgan fingerprint density at radius 2 is 2.05 bits per heavy atom. The fraction of sp³-hybridized carbons (Fsp3) is 0.375. The summed E-state index contributed by atoms with van der Waals surface area (Å²) in [4.78, 5) is 14.3. The Hall–Kier alpha value is -2.30. The zero-order valence-corrected chi connectivity index (χ0v) is 12.8. The average molecular weight is 286 g/mol. The van der Waals surface area contributed by atoms with Crippen LogP contribution in [0.25, 0.3) is 0 Å². The van der Waals surface area contributed by atoms with E-state index in [1.54, 1.807) is 16.6 Å². The Labute approximate surface area is 125 Å². The van der Waals surface area contributed by atoms with E-state index < -0.39 is 0 Å². The summed E-state index contributed by atoms with van der Waals surface area (Å²) < 4.78 is 1.76. The van der Waals surface area contributed by atoms with E-state index in [1.165, 1.54) is 0 Å². The molecule has 0 bridgehead atoms. The monoisotopic (exact) mass is 286 g/mol. The van der Waals surface area contributed by atoms with Crippen molar-refractivity contribution in [2.24, 2.45) is 0 Å². The molecule has 0 saturated heterocycles. The highest BCUT2D eigenvalue weighted by Crippen LogP contribution is 2.15. The van der Waals surface area contributed by atoms with Gasteiger partial charge in [0.25, 0.3) is 5.91 Å². The second kappa shape index (κ2) is 6.43. The molecular weight excluding hydrogens is 264 g/mol. The molecule has 21 heavy (non-hydrogen) atoms. The van der Waals surface area contributed by atoms with Gasteiger partial charge >= 0.3 is 0 Å². The number of hydrogen-bond acceptors (Lipinski definition) is 3. The minimum atomic E-state index is -0.0349. The number of hydrogen-bond donors (Lipinski definition) is 1. The van der Waals surface area contributed by atoms with Crippen LogP contribution in [0.4, 0.5) is 5.69 Å². The van der Waals surface area contributed by atoms with Gasteiger partial charge in [0.15, 0.2) is 0 Å². The van der Waals surface area contributed by atoms with Gasteiger partial charge in [-0.1, -0.05) is 25.1 Å². The summed E-state index contributed by atoms with van der Waals surface area (Å²) in [7, 11) is 1.79. The number of nitrogen functional groups attached to an aromatic ring is 1. The van der Waals surface area contributed by atoms with E-state index in [-0.39, 0.29) is 5.91 Å². The number of carbonyl (C=O) groups is 1. The first-order chi connectivity index (χ1) is 10.1. The summed E-state index contributed by atoms with van der Waals surface area (Å²) in [6.07, 6.45) is 0.822. The Kier molecular flexibility index (Phi) is 4.62. The molecule has 1 aromatic carbocycles. The normalized spacial score (nSPS) is 10.6. The molecule has 0 fully saturated rings. The second-order valence-electron chi connectivity index (χ2n) is 5.05. The van der Waals surface area contributed by atoms with E-state index >= 15 is 0 Å². The molecular formula is C16H22N4O. The number of anilines is 1. The van der Waals surface area contributed by atoms with Gasteiger partial charge < -0.3 is 10.6 Å². The van der Waals surface area contributed by atoms with Crippen LogP contribution in [0.15, 0.2) is 30.3 Å². The third-order valence-electron chi connectivity index (χ3n) is 3.52. The van der Waals surface area contributed by atoms with Gasteiger partial charge in [-0.25, -0.2) is 0 Å². The number of nitrogens with zero attached hydrogens (tertiary/aromatic N) is 3. The van der Waals surface area contributed by atoms with Gasteiger partial charge in [-0.15, -0.1) is 0 Å². The van der Waals surface area contributed by atoms with Crippen LogP contribution in [-0.4, -0.2) is 27.6 Å². The van der Waals surface area contributed by atoms with Gasteiger partial charge in [-0.05, 0) is 31.0 Å². The van der Waals surface area contributed by atoms with Gasteiger partial charge in [0.05, 0.1) is 5.69 Å². The van der Waals surface area contributed by atoms with Gasteiger partial charge in [0.2, 0.25) is 0 Å². The molecule has 0 aliphatic rings. The third-order valence-corrected chi connectivity index (χ3v) is 3.52. The smallest absolute Gasteiger partial charge is 0.272 e. The van der Waals surface area contributed by atoms with E-state index in [0.29, 0.717) is 24.5 Å². The molecule has 1 heterocycles. The molecule has 5 heteroatoms. The SMILES string of the molecule is CCc1cc(C(=O)N(C)Cc2ccccc2N)n(CC)n1. The van der Waals surface area contributed by atoms with E-state index in [4.69, 9.17) is 5.73 Å². The predicted molar refractivity (Wildman–Crippen MR) is 83.9 cm³/mol. The van der Waals surface area contributed by atoms with Crippen molar-refractivity contribution in [3.8, 4) is 0 Å². The highest BCUT2D eigenvalue weighted by atomic mass is 16.2. The lowest BCUT2D eigenvalue weighted by Crippen LogP contribution is -2.28. The van der Waals surface area contributed by atoms with Crippen molar-refractivity contribution < 1.29 is 4.79 Å². The zero-order valence-electron chi connectivity index (χ0n) is 12.8. The first-order valence-electron chi connectivity index (χ1n) is 7.22. The van der Waals surface area contributed by atoms with Crippen LogP contribution in [0.1, 0.15) is 35.6 Å². The van der Waals surface area contributed by atoms with E-state index in [2.05, 4.69) is 5.10 Å².